The van der Waals surface area contributed by atoms with Crippen LogP contribution in [0, 0.1) is 0 Å². The Hall–Kier alpha value is -3.48. The van der Waals surface area contributed by atoms with Gasteiger partial charge in [0.2, 0.25) is 5.91 Å². The molecule has 0 unspecified atom stereocenters. The lowest BCUT2D eigenvalue weighted by molar-refractivity contribution is 0.0923. The Morgan fingerprint density at radius 1 is 0.750 bits per heavy atom. The van der Waals surface area contributed by atoms with E-state index >= 15 is 0 Å². The third-order valence-corrected chi connectivity index (χ3v) is 4.37. The van der Waals surface area contributed by atoms with Gasteiger partial charge in [-0.15, -0.1) is 0 Å². The molecule has 7 nitrogen and oxygen atoms in total. The Morgan fingerprint density at radius 2 is 1.25 bits per heavy atom. The van der Waals surface area contributed by atoms with E-state index in [1.54, 1.807) is 40.6 Å². The smallest absolute Gasteiger partial charge is 0.244 e. The predicted molar refractivity (Wildman–Crippen MR) is 106 cm³/mol. The van der Waals surface area contributed by atoms with Gasteiger partial charge in [0.1, 0.15) is 0 Å². The van der Waals surface area contributed by atoms with Crippen LogP contribution in [0.1, 0.15) is 11.7 Å². The molecule has 28 heavy (non-hydrogen) atoms. The van der Waals surface area contributed by atoms with Crippen molar-refractivity contribution in [3.05, 3.63) is 42.5 Å². The number of nitrogens with zero attached hydrogens (tertiary/aromatic N) is 2. The summed E-state index contributed by atoms with van der Waals surface area (Å²) < 4.78 is 22.7. The highest BCUT2D eigenvalue weighted by Crippen LogP contribution is 2.36. The van der Waals surface area contributed by atoms with Gasteiger partial charge in [-0.05, 0) is 42.5 Å². The van der Waals surface area contributed by atoms with Crippen LogP contribution in [0.3, 0.4) is 0 Å². The first-order valence-corrected chi connectivity index (χ1v) is 8.58. The van der Waals surface area contributed by atoms with Crippen LogP contribution in [0.5, 0.6) is 23.0 Å². The lowest BCUT2D eigenvalue weighted by Gasteiger charge is -2.10. The zero-order valence-corrected chi connectivity index (χ0v) is 16.5. The van der Waals surface area contributed by atoms with E-state index in [4.69, 9.17) is 18.9 Å². The second-order valence-electron chi connectivity index (χ2n) is 5.99. The number of carbonyl (C=O) groups is 1. The molecule has 0 radical (unpaired) electrons. The molecule has 0 aliphatic heterocycles. The van der Waals surface area contributed by atoms with Crippen LogP contribution >= 0.6 is 0 Å². The maximum absolute atomic E-state index is 12.2. The molecule has 146 valence electrons. The van der Waals surface area contributed by atoms with Gasteiger partial charge >= 0.3 is 0 Å². The van der Waals surface area contributed by atoms with Crippen molar-refractivity contribution in [3.8, 4) is 45.5 Å². The van der Waals surface area contributed by atoms with Crippen molar-refractivity contribution in [3.63, 3.8) is 0 Å². The molecule has 1 aromatic heterocycles. The van der Waals surface area contributed by atoms with Crippen molar-refractivity contribution in [1.82, 2.24) is 9.78 Å². The van der Waals surface area contributed by atoms with Crippen LogP contribution in [0.25, 0.3) is 22.5 Å². The third-order valence-electron chi connectivity index (χ3n) is 4.37. The molecule has 0 aliphatic carbocycles. The van der Waals surface area contributed by atoms with Crippen LogP contribution in [0.2, 0.25) is 0 Å². The van der Waals surface area contributed by atoms with E-state index < -0.39 is 0 Å². The van der Waals surface area contributed by atoms with Gasteiger partial charge in [0.25, 0.3) is 0 Å². The molecule has 7 heteroatoms. The Labute approximate surface area is 163 Å². The molecule has 0 atom stereocenters. The summed E-state index contributed by atoms with van der Waals surface area (Å²) in [7, 11) is 6.30. The van der Waals surface area contributed by atoms with Gasteiger partial charge in [-0.3, -0.25) is 4.79 Å². The fourth-order valence-corrected chi connectivity index (χ4v) is 2.96. The van der Waals surface area contributed by atoms with Crippen molar-refractivity contribution >= 4 is 5.91 Å². The van der Waals surface area contributed by atoms with E-state index in [1.165, 1.54) is 11.6 Å². The van der Waals surface area contributed by atoms with Gasteiger partial charge < -0.3 is 18.9 Å². The number of aromatic nitrogens is 2. The minimum Gasteiger partial charge on any atom is -0.493 e. The first kappa shape index (κ1) is 19.3. The summed E-state index contributed by atoms with van der Waals surface area (Å²) in [6.07, 6.45) is 0. The number of hydrogen-bond acceptors (Lipinski definition) is 6. The Kier molecular flexibility index (Phi) is 5.54. The largest absolute Gasteiger partial charge is 0.493 e. The van der Waals surface area contributed by atoms with Gasteiger partial charge in [0.15, 0.2) is 23.0 Å². The maximum Gasteiger partial charge on any atom is 0.244 e. The van der Waals surface area contributed by atoms with E-state index in [9.17, 15) is 4.79 Å². The van der Waals surface area contributed by atoms with E-state index in [1.807, 2.05) is 30.3 Å². The summed E-state index contributed by atoms with van der Waals surface area (Å²) in [6.45, 7) is 1.47. The molecule has 3 aromatic rings. The van der Waals surface area contributed by atoms with E-state index in [2.05, 4.69) is 5.10 Å². The predicted octanol–water partition coefficient (Wildman–Crippen LogP) is 3.91. The highest BCUT2D eigenvalue weighted by atomic mass is 16.5. The van der Waals surface area contributed by atoms with Crippen molar-refractivity contribution in [2.75, 3.05) is 28.4 Å². The number of ether oxygens (including phenoxy) is 4. The van der Waals surface area contributed by atoms with Gasteiger partial charge in [0.05, 0.1) is 39.8 Å². The van der Waals surface area contributed by atoms with Gasteiger partial charge in [0, 0.05) is 18.1 Å². The SMILES string of the molecule is COc1ccc(-c2cc(-c3ccc(OC)c(OC)c3)n(C(C)=O)n2)cc1OC. The summed E-state index contributed by atoms with van der Waals surface area (Å²) in [4.78, 5) is 12.2. The zero-order valence-electron chi connectivity index (χ0n) is 16.5. The van der Waals surface area contributed by atoms with Crippen LogP contribution in [-0.4, -0.2) is 44.1 Å². The van der Waals surface area contributed by atoms with Gasteiger partial charge in [-0.25, -0.2) is 0 Å². The number of hydrogen-bond donors (Lipinski definition) is 0. The molecule has 0 saturated carbocycles. The molecular formula is C21H22N2O5. The Morgan fingerprint density at radius 3 is 1.75 bits per heavy atom. The summed E-state index contributed by atoms with van der Waals surface area (Å²) in [5, 5.41) is 4.48. The average Bonchev–Trinajstić information content (AvgIpc) is 3.18. The van der Waals surface area contributed by atoms with Crippen molar-refractivity contribution in [2.45, 2.75) is 6.92 Å². The molecular weight excluding hydrogens is 360 g/mol. The molecule has 3 rings (SSSR count). The minimum atomic E-state index is -0.198. The molecule has 0 bridgehead atoms. The molecule has 0 N–H and O–H groups in total. The van der Waals surface area contributed by atoms with E-state index in [0.717, 1.165) is 11.1 Å². The number of carbonyl (C=O) groups excluding carboxylic acids is 1. The second kappa shape index (κ2) is 8.04. The van der Waals surface area contributed by atoms with Crippen LogP contribution in [-0.2, 0) is 0 Å². The summed E-state index contributed by atoms with van der Waals surface area (Å²) in [6, 6.07) is 12.8. The number of benzene rings is 2. The fraction of sp³-hybridized carbons (Fsp3) is 0.238. The van der Waals surface area contributed by atoms with Crippen LogP contribution < -0.4 is 18.9 Å². The third kappa shape index (κ3) is 3.51. The van der Waals surface area contributed by atoms with Crippen LogP contribution in [0.15, 0.2) is 42.5 Å². The first-order chi connectivity index (χ1) is 13.5. The molecule has 0 amide bonds. The van der Waals surface area contributed by atoms with Gasteiger partial charge in [-0.1, -0.05) is 0 Å². The second-order valence-corrected chi connectivity index (χ2v) is 5.99. The zero-order chi connectivity index (χ0) is 20.3. The van der Waals surface area contributed by atoms with Crippen molar-refractivity contribution in [1.29, 1.82) is 0 Å². The fourth-order valence-electron chi connectivity index (χ4n) is 2.96. The quantitative estimate of drug-likeness (QED) is 0.644. The maximum atomic E-state index is 12.2. The van der Waals surface area contributed by atoms with E-state index in [-0.39, 0.29) is 5.91 Å². The molecule has 0 aliphatic rings. The molecule has 0 fully saturated rings. The molecule has 0 saturated heterocycles. The Bertz CT molecular complexity index is 1010. The molecule has 2 aromatic carbocycles. The first-order valence-electron chi connectivity index (χ1n) is 8.58. The monoisotopic (exact) mass is 382 g/mol. The van der Waals surface area contributed by atoms with Crippen molar-refractivity contribution in [2.24, 2.45) is 0 Å². The standard InChI is InChI=1S/C21H22N2O5/c1-13(24)23-17(15-7-9-19(26-3)21(11-15)28-5)12-16(22-23)14-6-8-18(25-2)20(10-14)27-4/h6-12H,1-5H3. The minimum absolute atomic E-state index is 0.198. The normalized spacial score (nSPS) is 10.5. The van der Waals surface area contributed by atoms with Crippen LogP contribution in [0.4, 0.5) is 0 Å². The summed E-state index contributed by atoms with van der Waals surface area (Å²) >= 11 is 0. The van der Waals surface area contributed by atoms with Gasteiger partial charge in [-0.2, -0.15) is 9.78 Å². The summed E-state index contributed by atoms with van der Waals surface area (Å²) in [5.74, 6) is 2.20. The lowest BCUT2D eigenvalue weighted by Crippen LogP contribution is -2.09. The highest BCUT2D eigenvalue weighted by molar-refractivity contribution is 5.84. The topological polar surface area (TPSA) is 71.8 Å². The Balaban J connectivity index is 2.12. The number of methoxy groups -OCH3 is 4. The average molecular weight is 382 g/mol. The lowest BCUT2D eigenvalue weighted by atomic mass is 10.1. The van der Waals surface area contributed by atoms with Crippen molar-refractivity contribution < 1.29 is 23.7 Å². The number of rotatable bonds is 6. The molecule has 0 spiro atoms. The van der Waals surface area contributed by atoms with E-state index in [0.29, 0.717) is 34.4 Å². The summed E-state index contributed by atoms with van der Waals surface area (Å²) in [5.41, 5.74) is 2.88. The molecule has 1 heterocycles. The highest BCUT2D eigenvalue weighted by Gasteiger charge is 2.17.